The number of ether oxygens (including phenoxy) is 2. The second kappa shape index (κ2) is 18.2. The molecular weight excluding hydrogens is 723 g/mol. The lowest BCUT2D eigenvalue weighted by Crippen LogP contribution is -2.41. The van der Waals surface area contributed by atoms with Crippen LogP contribution in [-0.4, -0.2) is 77.8 Å². The summed E-state index contributed by atoms with van der Waals surface area (Å²) in [4.78, 5) is 61.0. The van der Waals surface area contributed by atoms with E-state index in [0.29, 0.717) is 36.1 Å². The van der Waals surface area contributed by atoms with Gasteiger partial charge in [-0.15, -0.1) is 0 Å². The van der Waals surface area contributed by atoms with Crippen LogP contribution in [0.15, 0.2) is 120 Å². The highest BCUT2D eigenvalue weighted by Crippen LogP contribution is 2.31. The van der Waals surface area contributed by atoms with Crippen molar-refractivity contribution in [1.82, 2.24) is 14.8 Å². The molecular formula is C45H47N5O7. The van der Waals surface area contributed by atoms with Crippen molar-refractivity contribution in [2.24, 2.45) is 0 Å². The summed E-state index contributed by atoms with van der Waals surface area (Å²) in [6, 6.07) is 32.9. The molecule has 12 heteroatoms. The van der Waals surface area contributed by atoms with Gasteiger partial charge >= 0.3 is 0 Å². The highest BCUT2D eigenvalue weighted by molar-refractivity contribution is 5.93. The summed E-state index contributed by atoms with van der Waals surface area (Å²) in [5, 5.41) is 5.92. The summed E-state index contributed by atoms with van der Waals surface area (Å²) in [7, 11) is 3.06. The first-order chi connectivity index (χ1) is 27.8. The average Bonchev–Trinajstić information content (AvgIpc) is 4.02. The van der Waals surface area contributed by atoms with Gasteiger partial charge in [0.15, 0.2) is 18.0 Å². The Hall–Kier alpha value is -6.11. The second-order valence-electron chi connectivity index (χ2n) is 14.4. The Balaban J connectivity index is 0.900. The zero-order chi connectivity index (χ0) is 39.7. The highest BCUT2D eigenvalue weighted by atomic mass is 16.5. The van der Waals surface area contributed by atoms with E-state index in [9.17, 15) is 19.2 Å². The second-order valence-corrected chi connectivity index (χ2v) is 14.4. The molecule has 57 heavy (non-hydrogen) atoms. The van der Waals surface area contributed by atoms with Crippen molar-refractivity contribution in [3.05, 3.63) is 127 Å². The highest BCUT2D eigenvalue weighted by Gasteiger charge is 2.36. The molecule has 1 aromatic heterocycles. The van der Waals surface area contributed by atoms with Gasteiger partial charge in [0.25, 0.3) is 11.8 Å². The number of amides is 4. The van der Waals surface area contributed by atoms with Gasteiger partial charge < -0.3 is 34.3 Å². The fraction of sp³-hybridized carbons (Fsp3) is 0.311. The monoisotopic (exact) mass is 769 g/mol. The van der Waals surface area contributed by atoms with Gasteiger partial charge in [0.1, 0.15) is 0 Å². The topological polar surface area (TPSA) is 143 Å². The maximum Gasteiger partial charge on any atom is 0.256 e. The number of nitrogens with one attached hydrogen (secondary N) is 2. The molecule has 0 saturated carbocycles. The number of benzene rings is 4. The molecule has 294 valence electrons. The molecule has 0 radical (unpaired) electrons. The molecule has 0 aliphatic carbocycles. The molecule has 2 N–H and O–H groups in total. The summed E-state index contributed by atoms with van der Waals surface area (Å²) < 4.78 is 17.2. The molecule has 12 nitrogen and oxygen atoms in total. The lowest BCUT2D eigenvalue weighted by Gasteiger charge is -2.28. The molecule has 0 spiro atoms. The Labute approximate surface area is 332 Å². The zero-order valence-electron chi connectivity index (χ0n) is 32.1. The quantitative estimate of drug-likeness (QED) is 0.119. The van der Waals surface area contributed by atoms with Gasteiger partial charge in [-0.05, 0) is 85.3 Å². The third kappa shape index (κ3) is 9.31. The van der Waals surface area contributed by atoms with E-state index in [1.165, 1.54) is 14.2 Å². The van der Waals surface area contributed by atoms with E-state index in [2.05, 4.69) is 15.6 Å². The summed E-state index contributed by atoms with van der Waals surface area (Å²) >= 11 is 0. The van der Waals surface area contributed by atoms with Gasteiger partial charge in [-0.3, -0.25) is 19.2 Å². The summed E-state index contributed by atoms with van der Waals surface area (Å²) in [6.07, 6.45) is 3.78. The molecule has 0 bridgehead atoms. The van der Waals surface area contributed by atoms with E-state index in [1.54, 1.807) is 40.3 Å². The van der Waals surface area contributed by atoms with Gasteiger partial charge in [-0.1, -0.05) is 60.7 Å². The fourth-order valence-electron chi connectivity index (χ4n) is 7.80. The van der Waals surface area contributed by atoms with Crippen molar-refractivity contribution in [1.29, 1.82) is 0 Å². The number of nitrogens with zero attached hydrogens (tertiary/aromatic N) is 3. The number of aromatic nitrogens is 1. The van der Waals surface area contributed by atoms with Crippen LogP contribution in [0.4, 0.5) is 11.4 Å². The van der Waals surface area contributed by atoms with Crippen molar-refractivity contribution >= 4 is 35.0 Å². The maximum atomic E-state index is 13.4. The summed E-state index contributed by atoms with van der Waals surface area (Å²) in [5.41, 5.74) is 4.36. The van der Waals surface area contributed by atoms with Gasteiger partial charge in [0.05, 0.1) is 6.20 Å². The number of likely N-dealkylation sites (tertiary alicyclic amines) is 2. The standard InChI is InChI=1S/C45H47N5O7/c1-55-41(31-11-5-3-6-12-31)44(53)49-25-9-15-36(49)27-39(51)47-34-21-17-30(18-22-34)38-29-46-43(57-38)33-19-23-35(24-20-33)48-40(52)28-37-16-10-26-50(37)45(54)42(56-2)32-13-7-4-8-14-32/h3-8,11-14,17-24,29,36-37,41-42H,9-10,15-16,25-28H2,1-2H3,(H,47,51)(H,48,52)/t36-,37-,41-,42-/m0/s1. The Bertz CT molecular complexity index is 1990. The van der Waals surface area contributed by atoms with Crippen LogP contribution in [0.3, 0.4) is 0 Å². The molecule has 2 fully saturated rings. The number of anilines is 2. The number of rotatable bonds is 14. The predicted octanol–water partition coefficient (Wildman–Crippen LogP) is 7.42. The molecule has 5 aromatic rings. The molecule has 2 saturated heterocycles. The van der Waals surface area contributed by atoms with Crippen LogP contribution in [0.25, 0.3) is 22.8 Å². The van der Waals surface area contributed by atoms with E-state index in [0.717, 1.165) is 47.9 Å². The summed E-state index contributed by atoms with van der Waals surface area (Å²) in [5.74, 6) is 0.381. The first kappa shape index (κ1) is 39.1. The number of oxazole rings is 1. The minimum atomic E-state index is -0.708. The van der Waals surface area contributed by atoms with Gasteiger partial charge in [0.2, 0.25) is 17.7 Å². The molecule has 2 aliphatic heterocycles. The van der Waals surface area contributed by atoms with E-state index >= 15 is 0 Å². The number of hydrogen-bond donors (Lipinski definition) is 2. The van der Waals surface area contributed by atoms with Crippen molar-refractivity contribution in [2.75, 3.05) is 37.9 Å². The minimum absolute atomic E-state index is 0.129. The van der Waals surface area contributed by atoms with Crippen molar-refractivity contribution < 1.29 is 33.1 Å². The molecule has 4 aromatic carbocycles. The fourth-order valence-corrected chi connectivity index (χ4v) is 7.80. The van der Waals surface area contributed by atoms with E-state index in [-0.39, 0.29) is 48.6 Å². The van der Waals surface area contributed by atoms with Gasteiger partial charge in [0, 0.05) is 74.7 Å². The van der Waals surface area contributed by atoms with E-state index in [1.807, 2.05) is 84.9 Å². The van der Waals surface area contributed by atoms with E-state index in [4.69, 9.17) is 13.9 Å². The summed E-state index contributed by atoms with van der Waals surface area (Å²) in [6.45, 7) is 1.18. The number of hydrogen-bond acceptors (Lipinski definition) is 8. The molecule has 4 amide bonds. The number of methoxy groups -OCH3 is 2. The Morgan fingerprint density at radius 3 is 1.53 bits per heavy atom. The van der Waals surface area contributed by atoms with Crippen molar-refractivity contribution in [3.8, 4) is 22.8 Å². The lowest BCUT2D eigenvalue weighted by molar-refractivity contribution is -0.144. The Morgan fingerprint density at radius 2 is 1.09 bits per heavy atom. The Kier molecular flexibility index (Phi) is 12.5. The molecule has 3 heterocycles. The van der Waals surface area contributed by atoms with E-state index < -0.39 is 12.2 Å². The number of carbonyl (C=O) groups excluding carboxylic acids is 4. The van der Waals surface area contributed by atoms with Crippen LogP contribution in [0.2, 0.25) is 0 Å². The predicted molar refractivity (Wildman–Crippen MR) is 216 cm³/mol. The smallest absolute Gasteiger partial charge is 0.256 e. The third-order valence-electron chi connectivity index (χ3n) is 10.7. The van der Waals surface area contributed by atoms with Crippen molar-refractivity contribution in [2.45, 2.75) is 62.8 Å². The minimum Gasteiger partial charge on any atom is -0.436 e. The molecule has 0 unspecified atom stereocenters. The lowest BCUT2D eigenvalue weighted by atomic mass is 10.1. The van der Waals surface area contributed by atoms with Crippen LogP contribution in [0.1, 0.15) is 61.9 Å². The van der Waals surface area contributed by atoms with Crippen LogP contribution >= 0.6 is 0 Å². The first-order valence-corrected chi connectivity index (χ1v) is 19.3. The molecule has 7 rings (SSSR count). The third-order valence-corrected chi connectivity index (χ3v) is 10.7. The van der Waals surface area contributed by atoms with Crippen LogP contribution in [-0.2, 0) is 28.7 Å². The maximum absolute atomic E-state index is 13.4. The van der Waals surface area contributed by atoms with Gasteiger partial charge in [-0.25, -0.2) is 4.98 Å². The van der Waals surface area contributed by atoms with Crippen molar-refractivity contribution in [3.63, 3.8) is 0 Å². The normalized spacial score (nSPS) is 17.6. The number of carbonyl (C=O) groups is 4. The first-order valence-electron chi connectivity index (χ1n) is 19.3. The molecule has 4 atom stereocenters. The average molecular weight is 770 g/mol. The Morgan fingerprint density at radius 1 is 0.649 bits per heavy atom. The van der Waals surface area contributed by atoms with Crippen LogP contribution in [0.5, 0.6) is 0 Å². The SMILES string of the molecule is CO[C@H](C(=O)N1CCC[C@H]1CC(=O)Nc1ccc(-c2cnc(-c3ccc(NC(=O)C[C@@H]4CCCN4C(=O)[C@@H](OC)c4ccccc4)cc3)o2)cc1)c1ccccc1. The van der Waals surface area contributed by atoms with Crippen LogP contribution < -0.4 is 10.6 Å². The molecule has 2 aliphatic rings. The zero-order valence-corrected chi connectivity index (χ0v) is 32.1. The van der Waals surface area contributed by atoms with Crippen LogP contribution in [0, 0.1) is 0 Å². The largest absolute Gasteiger partial charge is 0.436 e. The van der Waals surface area contributed by atoms with Gasteiger partial charge in [-0.2, -0.15) is 0 Å².